The summed E-state index contributed by atoms with van der Waals surface area (Å²) in [5, 5.41) is 0. The molecule has 0 unspecified atom stereocenters. The number of ether oxygens (including phenoxy) is 2. The Hall–Kier alpha value is -1.55. The van der Waals surface area contributed by atoms with Crippen LogP contribution in [0.3, 0.4) is 0 Å². The van der Waals surface area contributed by atoms with Gasteiger partial charge < -0.3 is 9.47 Å². The molecule has 0 spiro atoms. The highest BCUT2D eigenvalue weighted by molar-refractivity contribution is 5.81. The Morgan fingerprint density at radius 3 is 1.34 bits per heavy atom. The standard InChI is InChI=1S/C46H81NO3/c1-4-6-8-10-12-14-16-18-20-22-24-26-28-30-34-49-45-37-41-32-33-47-40(3)36-42(48)38-44(47)43(41)39-46(45)50-35-31-29-27-25-23-21-19-17-15-13-11-9-7-5-2/h37,39-40,44H,4-36,38H2,1-3H3/t40-,44+/m1/s1. The van der Waals surface area contributed by atoms with Gasteiger partial charge in [-0.15, -0.1) is 0 Å². The largest absolute Gasteiger partial charge is 0.490 e. The normalized spacial score (nSPS) is 17.5. The Bertz CT molecular complexity index is 992. The summed E-state index contributed by atoms with van der Waals surface area (Å²) in [6.07, 6.45) is 40.6. The second-order valence-electron chi connectivity index (χ2n) is 16.2. The van der Waals surface area contributed by atoms with Crippen LogP contribution in [0.2, 0.25) is 0 Å². The lowest BCUT2D eigenvalue weighted by molar-refractivity contribution is -0.125. The van der Waals surface area contributed by atoms with E-state index in [1.807, 2.05) is 0 Å². The first kappa shape index (κ1) is 42.9. The molecule has 4 nitrogen and oxygen atoms in total. The molecule has 4 heteroatoms. The van der Waals surface area contributed by atoms with Gasteiger partial charge in [-0.25, -0.2) is 0 Å². The van der Waals surface area contributed by atoms with Gasteiger partial charge in [-0.2, -0.15) is 0 Å². The van der Waals surface area contributed by atoms with Crippen molar-refractivity contribution >= 4 is 5.78 Å². The van der Waals surface area contributed by atoms with E-state index in [0.717, 1.165) is 50.5 Å². The fraction of sp³-hybridized carbons (Fsp3) is 0.848. The van der Waals surface area contributed by atoms with Gasteiger partial charge in [0.05, 0.1) is 13.2 Å². The summed E-state index contributed by atoms with van der Waals surface area (Å²) in [5.74, 6) is 2.22. The van der Waals surface area contributed by atoms with Gasteiger partial charge in [-0.05, 0) is 49.4 Å². The van der Waals surface area contributed by atoms with Crippen LogP contribution >= 0.6 is 0 Å². The highest BCUT2D eigenvalue weighted by Crippen LogP contribution is 2.43. The van der Waals surface area contributed by atoms with Crippen LogP contribution < -0.4 is 9.47 Å². The van der Waals surface area contributed by atoms with Crippen molar-refractivity contribution in [3.05, 3.63) is 23.3 Å². The first-order chi connectivity index (χ1) is 24.6. The number of fused-ring (bicyclic) bond motifs is 3. The molecule has 0 saturated carbocycles. The fourth-order valence-corrected chi connectivity index (χ4v) is 8.41. The van der Waals surface area contributed by atoms with E-state index in [1.165, 1.54) is 178 Å². The summed E-state index contributed by atoms with van der Waals surface area (Å²) < 4.78 is 12.9. The van der Waals surface area contributed by atoms with E-state index in [-0.39, 0.29) is 6.04 Å². The molecule has 288 valence electrons. The summed E-state index contributed by atoms with van der Waals surface area (Å²) in [5.41, 5.74) is 2.66. The highest BCUT2D eigenvalue weighted by atomic mass is 16.5. The Balaban J connectivity index is 1.34. The summed E-state index contributed by atoms with van der Waals surface area (Å²) in [6.45, 7) is 9.35. The molecule has 1 fully saturated rings. The van der Waals surface area contributed by atoms with Gasteiger partial charge >= 0.3 is 0 Å². The van der Waals surface area contributed by atoms with Crippen LogP contribution in [0.25, 0.3) is 0 Å². The van der Waals surface area contributed by atoms with Crippen molar-refractivity contribution in [3.8, 4) is 11.5 Å². The lowest BCUT2D eigenvalue weighted by atomic mass is 9.84. The van der Waals surface area contributed by atoms with Gasteiger partial charge in [-0.3, -0.25) is 9.69 Å². The number of carbonyl (C=O) groups is 1. The molecule has 1 aromatic rings. The van der Waals surface area contributed by atoms with E-state index in [4.69, 9.17) is 9.47 Å². The molecule has 0 radical (unpaired) electrons. The quantitative estimate of drug-likeness (QED) is 0.0703. The van der Waals surface area contributed by atoms with E-state index < -0.39 is 0 Å². The number of benzene rings is 1. The van der Waals surface area contributed by atoms with Gasteiger partial charge in [0.25, 0.3) is 0 Å². The molecule has 0 aliphatic carbocycles. The third kappa shape index (κ3) is 17.8. The number of carbonyl (C=O) groups excluding carboxylic acids is 1. The van der Waals surface area contributed by atoms with Crippen molar-refractivity contribution in [2.24, 2.45) is 0 Å². The molecule has 0 aromatic heterocycles. The van der Waals surface area contributed by atoms with Gasteiger partial charge in [0.2, 0.25) is 0 Å². The van der Waals surface area contributed by atoms with Crippen molar-refractivity contribution in [2.45, 2.75) is 232 Å². The second kappa shape index (κ2) is 28.0. The average molecular weight is 696 g/mol. The van der Waals surface area contributed by atoms with E-state index in [9.17, 15) is 4.79 Å². The topological polar surface area (TPSA) is 38.8 Å². The van der Waals surface area contributed by atoms with Crippen molar-refractivity contribution in [3.63, 3.8) is 0 Å². The van der Waals surface area contributed by atoms with Crippen LogP contribution in [-0.2, 0) is 11.2 Å². The van der Waals surface area contributed by atoms with Crippen LogP contribution in [0.1, 0.15) is 231 Å². The zero-order chi connectivity index (χ0) is 35.5. The number of rotatable bonds is 32. The third-order valence-corrected chi connectivity index (χ3v) is 11.6. The predicted octanol–water partition coefficient (Wildman–Crippen LogP) is 14.1. The minimum Gasteiger partial charge on any atom is -0.490 e. The van der Waals surface area contributed by atoms with Crippen LogP contribution in [0.15, 0.2) is 12.1 Å². The van der Waals surface area contributed by atoms with Gasteiger partial charge in [0, 0.05) is 31.5 Å². The van der Waals surface area contributed by atoms with E-state index in [2.05, 4.69) is 37.8 Å². The lowest BCUT2D eigenvalue weighted by Crippen LogP contribution is -2.46. The molecule has 0 N–H and O–H groups in total. The van der Waals surface area contributed by atoms with E-state index in [1.54, 1.807) is 0 Å². The van der Waals surface area contributed by atoms with Gasteiger partial charge in [0.15, 0.2) is 11.5 Å². The summed E-state index contributed by atoms with van der Waals surface area (Å²) in [7, 11) is 0. The second-order valence-corrected chi connectivity index (χ2v) is 16.2. The van der Waals surface area contributed by atoms with Gasteiger partial charge in [-0.1, -0.05) is 181 Å². The lowest BCUT2D eigenvalue weighted by Gasteiger charge is -2.44. The molecule has 2 aliphatic heterocycles. The number of nitrogens with zero attached hydrogens (tertiary/aromatic N) is 1. The van der Waals surface area contributed by atoms with Crippen molar-refractivity contribution in [1.82, 2.24) is 4.90 Å². The van der Waals surface area contributed by atoms with Crippen molar-refractivity contribution in [2.75, 3.05) is 19.8 Å². The van der Waals surface area contributed by atoms with Crippen molar-refractivity contribution < 1.29 is 14.3 Å². The number of piperidine rings is 1. The molecule has 2 heterocycles. The van der Waals surface area contributed by atoms with Crippen LogP contribution in [0.4, 0.5) is 0 Å². The molecule has 2 atom stereocenters. The fourth-order valence-electron chi connectivity index (χ4n) is 8.41. The molecule has 2 aliphatic rings. The summed E-state index contributed by atoms with van der Waals surface area (Å²) in [4.78, 5) is 15.2. The van der Waals surface area contributed by atoms with Crippen molar-refractivity contribution in [1.29, 1.82) is 0 Å². The van der Waals surface area contributed by atoms with Crippen LogP contribution in [0, 0.1) is 0 Å². The first-order valence-corrected chi connectivity index (χ1v) is 22.3. The highest BCUT2D eigenvalue weighted by Gasteiger charge is 2.37. The Kier molecular flexibility index (Phi) is 24.0. The molecule has 0 amide bonds. The number of hydrogen-bond acceptors (Lipinski definition) is 4. The zero-order valence-corrected chi connectivity index (χ0v) is 33.5. The Labute approximate surface area is 310 Å². The smallest absolute Gasteiger partial charge is 0.161 e. The molecule has 1 saturated heterocycles. The number of Topliss-reactive ketones (excluding diaryl/α,β-unsaturated/α-hetero) is 1. The summed E-state index contributed by atoms with van der Waals surface area (Å²) in [6, 6.07) is 5.03. The molecular weight excluding hydrogens is 615 g/mol. The summed E-state index contributed by atoms with van der Waals surface area (Å²) >= 11 is 0. The zero-order valence-electron chi connectivity index (χ0n) is 33.5. The Morgan fingerprint density at radius 2 is 0.920 bits per heavy atom. The molecule has 0 bridgehead atoms. The maximum absolute atomic E-state index is 12.6. The van der Waals surface area contributed by atoms with E-state index >= 15 is 0 Å². The van der Waals surface area contributed by atoms with Gasteiger partial charge in [0.1, 0.15) is 5.78 Å². The molecule has 50 heavy (non-hydrogen) atoms. The number of hydrogen-bond donors (Lipinski definition) is 0. The number of unbranched alkanes of at least 4 members (excludes halogenated alkanes) is 26. The minimum absolute atomic E-state index is 0.193. The minimum atomic E-state index is 0.193. The average Bonchev–Trinajstić information content (AvgIpc) is 3.11. The maximum Gasteiger partial charge on any atom is 0.161 e. The monoisotopic (exact) mass is 696 g/mol. The third-order valence-electron chi connectivity index (χ3n) is 11.6. The molecule has 1 aromatic carbocycles. The number of ketones is 1. The van der Waals surface area contributed by atoms with E-state index in [0.29, 0.717) is 24.7 Å². The van der Waals surface area contributed by atoms with Crippen LogP contribution in [-0.4, -0.2) is 36.5 Å². The molecular formula is C46H81NO3. The molecule has 3 rings (SSSR count). The maximum atomic E-state index is 12.6. The van der Waals surface area contributed by atoms with Crippen LogP contribution in [0.5, 0.6) is 11.5 Å². The predicted molar refractivity (Wildman–Crippen MR) is 215 cm³/mol. The SMILES string of the molecule is CCCCCCCCCCCCCCCCOc1cc2c(cc1OCCCCCCCCCCCCCCCC)[C@@H]1CC(=O)C[C@@H](C)N1CC2. The Morgan fingerprint density at radius 1 is 0.540 bits per heavy atom. The first-order valence-electron chi connectivity index (χ1n) is 22.3.